The number of thioether (sulfide) groups is 1. The molecule has 0 fully saturated rings. The van der Waals surface area contributed by atoms with E-state index in [-0.39, 0.29) is 0 Å². The van der Waals surface area contributed by atoms with Gasteiger partial charge in [0.05, 0.1) is 5.52 Å². The van der Waals surface area contributed by atoms with Crippen molar-refractivity contribution in [3.05, 3.63) is 30.3 Å². The van der Waals surface area contributed by atoms with Crippen LogP contribution in [0.15, 0.2) is 35.2 Å². The van der Waals surface area contributed by atoms with Crippen LogP contribution in [-0.4, -0.2) is 10.7 Å². The smallest absolute Gasteiger partial charge is 0.124 e. The Morgan fingerprint density at radius 3 is 2.93 bits per heavy atom. The number of hydrogen-bond donors (Lipinski definition) is 1. The van der Waals surface area contributed by atoms with Crippen molar-refractivity contribution in [3.63, 3.8) is 0 Å². The van der Waals surface area contributed by atoms with Crippen molar-refractivity contribution < 1.29 is 0 Å². The first-order valence-electron chi connectivity index (χ1n) is 4.59. The summed E-state index contributed by atoms with van der Waals surface area (Å²) in [4.78, 5) is 5.56. The number of nitrogen functional groups attached to an aromatic ring is 1. The number of pyridine rings is 1. The third-order valence-corrected chi connectivity index (χ3v) is 2.97. The number of aromatic nitrogens is 1. The Morgan fingerprint density at radius 1 is 1.29 bits per heavy atom. The monoisotopic (exact) mass is 204 g/mol. The summed E-state index contributed by atoms with van der Waals surface area (Å²) in [7, 11) is 0. The molecule has 0 amide bonds. The van der Waals surface area contributed by atoms with E-state index in [1.807, 2.05) is 36.0 Å². The maximum Gasteiger partial charge on any atom is 0.124 e. The van der Waals surface area contributed by atoms with E-state index in [4.69, 9.17) is 5.73 Å². The Labute approximate surface area is 87.5 Å². The maximum absolute atomic E-state index is 5.63. The van der Waals surface area contributed by atoms with Crippen LogP contribution in [0.5, 0.6) is 0 Å². The highest BCUT2D eigenvalue weighted by atomic mass is 32.2. The normalized spacial score (nSPS) is 10.6. The van der Waals surface area contributed by atoms with Gasteiger partial charge >= 0.3 is 0 Å². The van der Waals surface area contributed by atoms with Gasteiger partial charge in [0.1, 0.15) is 5.82 Å². The molecule has 2 rings (SSSR count). The van der Waals surface area contributed by atoms with Gasteiger partial charge in [-0.05, 0) is 30.0 Å². The molecule has 0 aliphatic heterocycles. The zero-order chi connectivity index (χ0) is 9.97. The molecule has 0 bridgehead atoms. The van der Waals surface area contributed by atoms with E-state index in [0.717, 1.165) is 11.3 Å². The number of anilines is 1. The van der Waals surface area contributed by atoms with Gasteiger partial charge in [-0.2, -0.15) is 0 Å². The fraction of sp³-hybridized carbons (Fsp3) is 0.182. The predicted molar refractivity (Wildman–Crippen MR) is 62.6 cm³/mol. The molecule has 14 heavy (non-hydrogen) atoms. The van der Waals surface area contributed by atoms with Crippen LogP contribution in [0.2, 0.25) is 0 Å². The van der Waals surface area contributed by atoms with Crippen LogP contribution >= 0.6 is 11.8 Å². The highest BCUT2D eigenvalue weighted by molar-refractivity contribution is 7.99. The second-order valence-corrected chi connectivity index (χ2v) is 4.30. The van der Waals surface area contributed by atoms with Crippen LogP contribution in [0.4, 0.5) is 5.82 Å². The summed E-state index contributed by atoms with van der Waals surface area (Å²) in [6, 6.07) is 10.0. The van der Waals surface area contributed by atoms with Crippen molar-refractivity contribution in [1.29, 1.82) is 0 Å². The Morgan fingerprint density at radius 2 is 2.14 bits per heavy atom. The lowest BCUT2D eigenvalue weighted by molar-refractivity contribution is 1.38. The number of benzene rings is 1. The molecular formula is C11H12N2S. The summed E-state index contributed by atoms with van der Waals surface area (Å²) in [5, 5.41) is 1.19. The van der Waals surface area contributed by atoms with E-state index in [9.17, 15) is 0 Å². The summed E-state index contributed by atoms with van der Waals surface area (Å²) in [5.74, 6) is 1.65. The van der Waals surface area contributed by atoms with Crippen LogP contribution < -0.4 is 5.73 Å². The van der Waals surface area contributed by atoms with Crippen molar-refractivity contribution >= 4 is 28.5 Å². The molecule has 2 nitrogen and oxygen atoms in total. The molecule has 1 aromatic heterocycles. The minimum Gasteiger partial charge on any atom is -0.384 e. The lowest BCUT2D eigenvalue weighted by Crippen LogP contribution is -1.90. The highest BCUT2D eigenvalue weighted by Gasteiger charge is 2.01. The number of nitrogens with zero attached hydrogens (tertiary/aromatic N) is 1. The summed E-state index contributed by atoms with van der Waals surface area (Å²) in [6.45, 7) is 2.15. The predicted octanol–water partition coefficient (Wildman–Crippen LogP) is 2.93. The molecule has 2 aromatic rings. The van der Waals surface area contributed by atoms with Crippen LogP contribution in [0, 0.1) is 0 Å². The number of hydrogen-bond acceptors (Lipinski definition) is 3. The number of fused-ring (bicyclic) bond motifs is 1. The highest BCUT2D eigenvalue weighted by Crippen LogP contribution is 2.27. The zero-order valence-electron chi connectivity index (χ0n) is 8.03. The Bertz CT molecular complexity index is 454. The van der Waals surface area contributed by atoms with Crippen molar-refractivity contribution in [2.24, 2.45) is 0 Å². The van der Waals surface area contributed by atoms with Gasteiger partial charge < -0.3 is 5.73 Å². The summed E-state index contributed by atoms with van der Waals surface area (Å²) >= 11 is 1.83. The molecule has 2 N–H and O–H groups in total. The van der Waals surface area contributed by atoms with E-state index < -0.39 is 0 Å². The molecule has 0 saturated carbocycles. The second kappa shape index (κ2) is 3.88. The van der Waals surface area contributed by atoms with Crippen LogP contribution in [0.25, 0.3) is 10.9 Å². The van der Waals surface area contributed by atoms with Crippen molar-refractivity contribution in [1.82, 2.24) is 4.98 Å². The SMILES string of the molecule is CCSc1cccc2nc(N)ccc12. The van der Waals surface area contributed by atoms with E-state index in [2.05, 4.69) is 18.0 Å². The molecule has 0 unspecified atom stereocenters. The van der Waals surface area contributed by atoms with E-state index in [0.29, 0.717) is 5.82 Å². The first kappa shape index (κ1) is 9.34. The molecule has 0 radical (unpaired) electrons. The zero-order valence-corrected chi connectivity index (χ0v) is 8.84. The molecule has 0 aliphatic carbocycles. The molecular weight excluding hydrogens is 192 g/mol. The summed E-state index contributed by atoms with van der Waals surface area (Å²) in [6.07, 6.45) is 0. The molecule has 1 aromatic carbocycles. The third kappa shape index (κ3) is 1.68. The minimum absolute atomic E-state index is 0.580. The van der Waals surface area contributed by atoms with Crippen molar-refractivity contribution in [2.45, 2.75) is 11.8 Å². The lowest BCUT2D eigenvalue weighted by Gasteiger charge is -2.04. The molecule has 0 saturated heterocycles. The van der Waals surface area contributed by atoms with Gasteiger partial charge in [0.15, 0.2) is 0 Å². The van der Waals surface area contributed by atoms with E-state index in [1.165, 1.54) is 10.3 Å². The van der Waals surface area contributed by atoms with Crippen LogP contribution in [0.3, 0.4) is 0 Å². The first-order valence-corrected chi connectivity index (χ1v) is 5.58. The molecule has 0 aliphatic rings. The molecule has 72 valence electrons. The van der Waals surface area contributed by atoms with Crippen LogP contribution in [-0.2, 0) is 0 Å². The maximum atomic E-state index is 5.63. The standard InChI is InChI=1S/C11H12N2S/c1-2-14-10-5-3-4-9-8(10)6-7-11(12)13-9/h3-7H,2H2,1H3,(H2,12,13). The topological polar surface area (TPSA) is 38.9 Å². The minimum atomic E-state index is 0.580. The average Bonchev–Trinajstić information content (AvgIpc) is 2.18. The quantitative estimate of drug-likeness (QED) is 0.764. The Balaban J connectivity index is 2.62. The fourth-order valence-electron chi connectivity index (χ4n) is 1.42. The molecule has 0 atom stereocenters. The third-order valence-electron chi connectivity index (χ3n) is 2.01. The largest absolute Gasteiger partial charge is 0.384 e. The average molecular weight is 204 g/mol. The summed E-state index contributed by atoms with van der Waals surface area (Å²) < 4.78 is 0. The van der Waals surface area contributed by atoms with Gasteiger partial charge in [-0.15, -0.1) is 11.8 Å². The molecule has 0 spiro atoms. The van der Waals surface area contributed by atoms with Crippen molar-refractivity contribution in [3.8, 4) is 0 Å². The molecule has 3 heteroatoms. The van der Waals surface area contributed by atoms with Gasteiger partial charge in [0.2, 0.25) is 0 Å². The van der Waals surface area contributed by atoms with Gasteiger partial charge in [-0.25, -0.2) is 4.98 Å². The molecule has 1 heterocycles. The van der Waals surface area contributed by atoms with Crippen molar-refractivity contribution in [2.75, 3.05) is 11.5 Å². The van der Waals surface area contributed by atoms with E-state index >= 15 is 0 Å². The van der Waals surface area contributed by atoms with Gasteiger partial charge in [0, 0.05) is 10.3 Å². The number of nitrogens with two attached hydrogens (primary N) is 1. The Kier molecular flexibility index (Phi) is 2.59. The second-order valence-electron chi connectivity index (χ2n) is 2.99. The van der Waals surface area contributed by atoms with E-state index in [1.54, 1.807) is 0 Å². The number of rotatable bonds is 2. The van der Waals surface area contributed by atoms with Crippen LogP contribution in [0.1, 0.15) is 6.92 Å². The summed E-state index contributed by atoms with van der Waals surface area (Å²) in [5.41, 5.74) is 6.61. The first-order chi connectivity index (χ1) is 6.81. The van der Waals surface area contributed by atoms with Gasteiger partial charge in [-0.3, -0.25) is 0 Å². The Hall–Kier alpha value is -1.22. The van der Waals surface area contributed by atoms with Gasteiger partial charge in [-0.1, -0.05) is 13.0 Å². The van der Waals surface area contributed by atoms with Gasteiger partial charge in [0.25, 0.3) is 0 Å². The lowest BCUT2D eigenvalue weighted by atomic mass is 10.2. The fourth-order valence-corrected chi connectivity index (χ4v) is 2.24.